The van der Waals surface area contributed by atoms with Gasteiger partial charge in [0, 0.05) is 27.3 Å². The minimum absolute atomic E-state index is 0.0906. The Balaban J connectivity index is 1.95. The van der Waals surface area contributed by atoms with E-state index in [1.165, 1.54) is 18.2 Å². The molecular formula is C20H13BrFNO3S. The fourth-order valence-electron chi connectivity index (χ4n) is 3.35. The van der Waals surface area contributed by atoms with E-state index in [-0.39, 0.29) is 23.1 Å². The van der Waals surface area contributed by atoms with Crippen LogP contribution in [0.4, 0.5) is 10.1 Å². The van der Waals surface area contributed by atoms with Crippen molar-refractivity contribution in [3.05, 3.63) is 74.1 Å². The Morgan fingerprint density at radius 2 is 2.00 bits per heavy atom. The molecule has 0 fully saturated rings. The molecule has 4 nitrogen and oxygen atoms in total. The summed E-state index contributed by atoms with van der Waals surface area (Å²) in [6, 6.07) is 13.4. The van der Waals surface area contributed by atoms with Crippen LogP contribution in [0.25, 0.3) is 11.1 Å². The molecule has 1 unspecified atom stereocenters. The number of carboxylic acid groups (broad SMARTS) is 1. The number of hydrogen-bond donors (Lipinski definition) is 2. The second-order valence-electron chi connectivity index (χ2n) is 6.22. The Labute approximate surface area is 166 Å². The van der Waals surface area contributed by atoms with Crippen LogP contribution in [0.1, 0.15) is 32.5 Å². The maximum Gasteiger partial charge on any atom is 0.346 e. The number of fused-ring (bicyclic) bond motifs is 1. The molecule has 2 aromatic carbocycles. The fourth-order valence-corrected chi connectivity index (χ4v) is 5.01. The molecule has 3 aromatic rings. The molecule has 0 spiro atoms. The highest BCUT2D eigenvalue weighted by molar-refractivity contribution is 9.10. The van der Waals surface area contributed by atoms with Gasteiger partial charge in [0.1, 0.15) is 10.7 Å². The molecule has 4 rings (SSSR count). The lowest BCUT2D eigenvalue weighted by molar-refractivity contribution is -0.116. The van der Waals surface area contributed by atoms with Gasteiger partial charge in [0.25, 0.3) is 0 Å². The number of hydrogen-bond acceptors (Lipinski definition) is 3. The van der Waals surface area contributed by atoms with Gasteiger partial charge in [-0.1, -0.05) is 40.2 Å². The van der Waals surface area contributed by atoms with Gasteiger partial charge in [-0.25, -0.2) is 9.18 Å². The van der Waals surface area contributed by atoms with E-state index in [9.17, 15) is 19.1 Å². The van der Waals surface area contributed by atoms with Crippen molar-refractivity contribution in [2.45, 2.75) is 12.3 Å². The van der Waals surface area contributed by atoms with Gasteiger partial charge >= 0.3 is 5.97 Å². The van der Waals surface area contributed by atoms with Crippen molar-refractivity contribution in [1.29, 1.82) is 0 Å². The second-order valence-corrected chi connectivity index (χ2v) is 8.19. The average molecular weight is 446 g/mol. The molecule has 2 N–H and O–H groups in total. The van der Waals surface area contributed by atoms with E-state index in [4.69, 9.17) is 0 Å². The third kappa shape index (κ3) is 3.28. The maximum absolute atomic E-state index is 13.8. The molecule has 0 aliphatic carbocycles. The molecular weight excluding hydrogens is 433 g/mol. The van der Waals surface area contributed by atoms with Gasteiger partial charge in [0.05, 0.1) is 5.69 Å². The third-order valence-corrected chi connectivity index (χ3v) is 6.25. The summed E-state index contributed by atoms with van der Waals surface area (Å²) in [5.41, 5.74) is 2.17. The van der Waals surface area contributed by atoms with Gasteiger partial charge in [0.15, 0.2) is 0 Å². The minimum atomic E-state index is -1.10. The number of nitrogens with one attached hydrogen (secondary N) is 1. The first-order valence-corrected chi connectivity index (χ1v) is 9.76. The molecule has 7 heteroatoms. The van der Waals surface area contributed by atoms with Crippen LogP contribution in [-0.2, 0) is 4.79 Å². The maximum atomic E-state index is 13.8. The van der Waals surface area contributed by atoms with E-state index in [1.807, 2.05) is 24.3 Å². The number of carbonyl (C=O) groups is 2. The quantitative estimate of drug-likeness (QED) is 0.559. The summed E-state index contributed by atoms with van der Waals surface area (Å²) in [6.07, 6.45) is 0.228. The highest BCUT2D eigenvalue weighted by Crippen LogP contribution is 2.49. The number of carboxylic acids is 1. The predicted molar refractivity (Wildman–Crippen MR) is 106 cm³/mol. The molecule has 1 aromatic heterocycles. The second kappa shape index (κ2) is 6.90. The van der Waals surface area contributed by atoms with Crippen molar-refractivity contribution < 1.29 is 19.1 Å². The summed E-state index contributed by atoms with van der Waals surface area (Å²) in [7, 11) is 0. The summed E-state index contributed by atoms with van der Waals surface area (Å²) in [5.74, 6) is -2.01. The number of thiophene rings is 1. The average Bonchev–Trinajstić information content (AvgIpc) is 3.00. The van der Waals surface area contributed by atoms with Crippen LogP contribution in [0.15, 0.2) is 53.0 Å². The number of aromatic carboxylic acids is 1. The number of rotatable bonds is 3. The minimum Gasteiger partial charge on any atom is -0.477 e. The smallest absolute Gasteiger partial charge is 0.346 e. The summed E-state index contributed by atoms with van der Waals surface area (Å²) >= 11 is 4.57. The van der Waals surface area contributed by atoms with E-state index in [2.05, 4.69) is 21.2 Å². The SMILES string of the molecule is O=C1CC(c2cccc(Br)c2)c2sc(C(=O)O)c(-c3cccc(F)c3)c2N1. The summed E-state index contributed by atoms with van der Waals surface area (Å²) in [5, 5.41) is 12.5. The number of halogens is 2. The molecule has 2 heterocycles. The van der Waals surface area contributed by atoms with Crippen LogP contribution < -0.4 is 5.32 Å². The standard InChI is InChI=1S/C20H13BrFNO3S/c21-12-5-1-3-10(7-12)14-9-15(24)23-17-16(11-4-2-6-13(22)8-11)19(20(25)26)27-18(14)17/h1-8,14H,9H2,(H,23,24)(H,25,26). The normalized spacial score (nSPS) is 15.9. The van der Waals surface area contributed by atoms with E-state index in [0.717, 1.165) is 26.3 Å². The highest BCUT2D eigenvalue weighted by atomic mass is 79.9. The zero-order valence-corrected chi connectivity index (χ0v) is 16.2. The molecule has 136 valence electrons. The Bertz CT molecular complexity index is 1080. The van der Waals surface area contributed by atoms with Crippen LogP contribution in [-0.4, -0.2) is 17.0 Å². The number of anilines is 1. The molecule has 0 bridgehead atoms. The monoisotopic (exact) mass is 445 g/mol. The highest BCUT2D eigenvalue weighted by Gasteiger charge is 2.34. The number of carbonyl (C=O) groups excluding carboxylic acids is 1. The summed E-state index contributed by atoms with van der Waals surface area (Å²) in [4.78, 5) is 25.1. The van der Waals surface area contributed by atoms with Crippen LogP contribution in [0.5, 0.6) is 0 Å². The lowest BCUT2D eigenvalue weighted by Gasteiger charge is -2.24. The molecule has 1 amide bonds. The van der Waals surface area contributed by atoms with Crippen molar-refractivity contribution in [2.24, 2.45) is 0 Å². The first-order chi connectivity index (χ1) is 12.9. The van der Waals surface area contributed by atoms with Crippen molar-refractivity contribution in [3.63, 3.8) is 0 Å². The first-order valence-electron chi connectivity index (χ1n) is 8.15. The van der Waals surface area contributed by atoms with Gasteiger partial charge in [-0.3, -0.25) is 4.79 Å². The number of amides is 1. The molecule has 1 atom stereocenters. The Hall–Kier alpha value is -2.51. The largest absolute Gasteiger partial charge is 0.477 e. The van der Waals surface area contributed by atoms with Crippen LogP contribution in [0, 0.1) is 5.82 Å². The Kier molecular flexibility index (Phi) is 4.57. The zero-order valence-electron chi connectivity index (χ0n) is 13.8. The molecule has 0 saturated heterocycles. The van der Waals surface area contributed by atoms with Gasteiger partial charge < -0.3 is 10.4 Å². The topological polar surface area (TPSA) is 66.4 Å². The zero-order chi connectivity index (χ0) is 19.1. The molecule has 27 heavy (non-hydrogen) atoms. The molecule has 0 radical (unpaired) electrons. The van der Waals surface area contributed by atoms with Gasteiger partial charge in [-0.2, -0.15) is 0 Å². The van der Waals surface area contributed by atoms with Crippen molar-refractivity contribution in [2.75, 3.05) is 5.32 Å². The van der Waals surface area contributed by atoms with Crippen LogP contribution in [0.2, 0.25) is 0 Å². The predicted octanol–water partition coefficient (Wildman–Crippen LogP) is 5.49. The van der Waals surface area contributed by atoms with Crippen molar-refractivity contribution >= 4 is 44.8 Å². The van der Waals surface area contributed by atoms with E-state index >= 15 is 0 Å². The van der Waals surface area contributed by atoms with E-state index in [1.54, 1.807) is 6.07 Å². The molecule has 1 aliphatic heterocycles. The van der Waals surface area contributed by atoms with Gasteiger partial charge in [-0.15, -0.1) is 11.3 Å². The Morgan fingerprint density at radius 1 is 1.22 bits per heavy atom. The number of benzene rings is 2. The van der Waals surface area contributed by atoms with Gasteiger partial charge in [-0.05, 0) is 35.4 Å². The summed E-state index contributed by atoms with van der Waals surface area (Å²) < 4.78 is 14.6. The lowest BCUT2D eigenvalue weighted by atomic mass is 9.89. The van der Waals surface area contributed by atoms with E-state index in [0.29, 0.717) is 16.8 Å². The van der Waals surface area contributed by atoms with Crippen molar-refractivity contribution in [3.8, 4) is 11.1 Å². The fraction of sp³-hybridized carbons (Fsp3) is 0.100. The van der Waals surface area contributed by atoms with Gasteiger partial charge in [0.2, 0.25) is 5.91 Å². The Morgan fingerprint density at radius 3 is 2.70 bits per heavy atom. The molecule has 1 aliphatic rings. The summed E-state index contributed by atoms with van der Waals surface area (Å²) in [6.45, 7) is 0. The van der Waals surface area contributed by atoms with Crippen molar-refractivity contribution in [1.82, 2.24) is 0 Å². The molecule has 0 saturated carbocycles. The van der Waals surface area contributed by atoms with E-state index < -0.39 is 11.8 Å². The van der Waals surface area contributed by atoms with Crippen LogP contribution in [0.3, 0.4) is 0 Å². The third-order valence-electron chi connectivity index (χ3n) is 4.46. The first kappa shape index (κ1) is 17.9. The van der Waals surface area contributed by atoms with Crippen LogP contribution >= 0.6 is 27.3 Å². The lowest BCUT2D eigenvalue weighted by Crippen LogP contribution is -2.22.